The molecule has 12 heteroatoms. The fourth-order valence-electron chi connectivity index (χ4n) is 5.16. The molecule has 2 aromatic rings. The van der Waals surface area contributed by atoms with Gasteiger partial charge in [0.1, 0.15) is 11.5 Å². The van der Waals surface area contributed by atoms with Gasteiger partial charge in [-0.2, -0.15) is 13.2 Å². The van der Waals surface area contributed by atoms with Crippen LogP contribution < -0.4 is 10.6 Å². The van der Waals surface area contributed by atoms with Crippen molar-refractivity contribution >= 4 is 29.0 Å². The number of alkyl halides is 3. The summed E-state index contributed by atoms with van der Waals surface area (Å²) in [4.78, 5) is 36.4. The molecule has 214 valence electrons. The van der Waals surface area contributed by atoms with E-state index < -0.39 is 29.2 Å². The molecule has 1 aliphatic heterocycles. The Hall–Kier alpha value is -2.73. The molecule has 1 aliphatic carbocycles. The van der Waals surface area contributed by atoms with Crippen LogP contribution >= 0.6 is 11.3 Å². The third-order valence-electron chi connectivity index (χ3n) is 7.47. The Morgan fingerprint density at radius 2 is 1.95 bits per heavy atom. The summed E-state index contributed by atoms with van der Waals surface area (Å²) in [6.45, 7) is 9.34. The third kappa shape index (κ3) is 6.71. The molecule has 2 amide bonds. The Bertz CT molecular complexity index is 1220. The molecule has 39 heavy (non-hydrogen) atoms. The van der Waals surface area contributed by atoms with Gasteiger partial charge in [0.15, 0.2) is 5.01 Å². The summed E-state index contributed by atoms with van der Waals surface area (Å²) in [5.74, 6) is -0.118. The van der Waals surface area contributed by atoms with Crippen molar-refractivity contribution in [1.82, 2.24) is 20.2 Å². The van der Waals surface area contributed by atoms with Crippen LogP contribution in [-0.2, 0) is 6.18 Å². The lowest BCUT2D eigenvalue weighted by Gasteiger charge is -2.37. The first-order chi connectivity index (χ1) is 18.1. The van der Waals surface area contributed by atoms with Gasteiger partial charge in [0.2, 0.25) is 0 Å². The maximum Gasteiger partial charge on any atom is 0.417 e. The summed E-state index contributed by atoms with van der Waals surface area (Å²) < 4.78 is 43.1. The van der Waals surface area contributed by atoms with Crippen LogP contribution in [0.5, 0.6) is 0 Å². The molecule has 0 aromatic carbocycles. The summed E-state index contributed by atoms with van der Waals surface area (Å²) in [6, 6.07) is 0.833. The summed E-state index contributed by atoms with van der Waals surface area (Å²) in [6.07, 6.45) is -0.0539. The number of nitrogens with one attached hydrogen (secondary N) is 2. The zero-order valence-electron chi connectivity index (χ0n) is 22.9. The van der Waals surface area contributed by atoms with Gasteiger partial charge in [0.05, 0.1) is 16.0 Å². The molecule has 2 fully saturated rings. The Morgan fingerprint density at radius 1 is 1.26 bits per heavy atom. The summed E-state index contributed by atoms with van der Waals surface area (Å²) in [7, 11) is 0. The third-order valence-corrected chi connectivity index (χ3v) is 8.55. The number of aromatic nitrogens is 2. The molecule has 3 heterocycles. The average molecular weight is 568 g/mol. The van der Waals surface area contributed by atoms with Crippen molar-refractivity contribution < 1.29 is 27.9 Å². The van der Waals surface area contributed by atoms with E-state index in [9.17, 15) is 27.9 Å². The zero-order valence-corrected chi connectivity index (χ0v) is 23.7. The number of nitrogens with zero attached hydrogens (tertiary/aromatic N) is 3. The van der Waals surface area contributed by atoms with Crippen LogP contribution in [0.15, 0.2) is 12.3 Å². The van der Waals surface area contributed by atoms with Gasteiger partial charge in [-0.05, 0) is 71.3 Å². The highest BCUT2D eigenvalue weighted by Gasteiger charge is 2.39. The SMILES string of the molecule is CC1CC([C@@H](C)Nc2cc(C(F)(F)F)c(-c3sc(C(=O)NCC(C)(C)O)nc3C(=O)N3CCC[C@@H]3C)cn2)C1. The number of halogens is 3. The van der Waals surface area contributed by atoms with Crippen LogP contribution in [0.25, 0.3) is 10.4 Å². The van der Waals surface area contributed by atoms with Gasteiger partial charge in [0.25, 0.3) is 11.8 Å². The highest BCUT2D eigenvalue weighted by atomic mass is 32.1. The fourth-order valence-corrected chi connectivity index (χ4v) is 6.16. The normalized spacial score (nSPS) is 22.4. The van der Waals surface area contributed by atoms with Crippen LogP contribution in [0.4, 0.5) is 19.0 Å². The molecular weight excluding hydrogens is 531 g/mol. The molecule has 0 spiro atoms. The van der Waals surface area contributed by atoms with Crippen LogP contribution in [0.1, 0.15) is 86.2 Å². The number of anilines is 1. The molecule has 2 aromatic heterocycles. The zero-order chi connectivity index (χ0) is 28.7. The van der Waals surface area contributed by atoms with E-state index >= 15 is 0 Å². The van der Waals surface area contributed by atoms with Gasteiger partial charge in [-0.25, -0.2) is 9.97 Å². The van der Waals surface area contributed by atoms with E-state index in [1.165, 1.54) is 13.8 Å². The number of hydrogen-bond acceptors (Lipinski definition) is 7. The van der Waals surface area contributed by atoms with E-state index in [-0.39, 0.29) is 45.6 Å². The van der Waals surface area contributed by atoms with Gasteiger partial charge in [0, 0.05) is 36.9 Å². The maximum absolute atomic E-state index is 14.4. The van der Waals surface area contributed by atoms with Gasteiger partial charge in [-0.3, -0.25) is 9.59 Å². The summed E-state index contributed by atoms with van der Waals surface area (Å²) in [5.41, 5.74) is -2.66. The Labute approximate surface area is 230 Å². The number of amides is 2. The number of rotatable bonds is 8. The van der Waals surface area contributed by atoms with Crippen LogP contribution in [0, 0.1) is 11.8 Å². The molecule has 2 atom stereocenters. The maximum atomic E-state index is 14.4. The van der Waals surface area contributed by atoms with Gasteiger partial charge in [-0.15, -0.1) is 11.3 Å². The molecule has 0 radical (unpaired) electrons. The predicted octanol–water partition coefficient (Wildman–Crippen LogP) is 5.20. The number of thiazole rings is 1. The van der Waals surface area contributed by atoms with Crippen LogP contribution in [-0.4, -0.2) is 62.6 Å². The Balaban J connectivity index is 1.73. The van der Waals surface area contributed by atoms with E-state index in [4.69, 9.17) is 0 Å². The molecule has 2 aliphatic rings. The Morgan fingerprint density at radius 3 is 2.51 bits per heavy atom. The topological polar surface area (TPSA) is 107 Å². The standard InChI is InChI=1S/C27H36F3N5O3S/c1-14-9-17(10-14)16(3)33-20-11-19(27(28,29)30)18(12-31-20)22-21(25(37)35-8-6-7-15(35)2)34-24(39-22)23(36)32-13-26(4,5)38/h11-12,14-17,38H,6-10,13H2,1-5H3,(H,31,33)(H,32,36)/t14?,15-,16+,17?/m0/s1. The van der Waals surface area contributed by atoms with E-state index in [0.717, 1.165) is 37.9 Å². The first-order valence-corrected chi connectivity index (χ1v) is 14.1. The highest BCUT2D eigenvalue weighted by molar-refractivity contribution is 7.17. The molecule has 0 bridgehead atoms. The second-order valence-electron chi connectivity index (χ2n) is 11.6. The first kappa shape index (κ1) is 29.3. The van der Waals surface area contributed by atoms with Gasteiger partial charge in [-0.1, -0.05) is 6.92 Å². The second kappa shape index (κ2) is 11.0. The summed E-state index contributed by atoms with van der Waals surface area (Å²) >= 11 is 0.715. The van der Waals surface area contributed by atoms with Gasteiger partial charge >= 0.3 is 6.18 Å². The molecule has 3 N–H and O–H groups in total. The first-order valence-electron chi connectivity index (χ1n) is 13.3. The lowest BCUT2D eigenvalue weighted by molar-refractivity contribution is -0.137. The minimum atomic E-state index is -4.74. The smallest absolute Gasteiger partial charge is 0.389 e. The van der Waals surface area contributed by atoms with Crippen LogP contribution in [0.3, 0.4) is 0 Å². The number of pyridine rings is 1. The average Bonchev–Trinajstić information content (AvgIpc) is 3.45. The number of likely N-dealkylation sites (tertiary alicyclic amines) is 1. The van der Waals surface area contributed by atoms with Crippen molar-refractivity contribution in [2.45, 2.75) is 84.2 Å². The largest absolute Gasteiger partial charge is 0.417 e. The Kier molecular flexibility index (Phi) is 8.28. The highest BCUT2D eigenvalue weighted by Crippen LogP contribution is 2.42. The quantitative estimate of drug-likeness (QED) is 0.405. The lowest BCUT2D eigenvalue weighted by atomic mass is 9.72. The lowest BCUT2D eigenvalue weighted by Crippen LogP contribution is -2.38. The number of carbonyl (C=O) groups is 2. The van der Waals surface area contributed by atoms with Crippen molar-refractivity contribution in [3.63, 3.8) is 0 Å². The molecule has 4 rings (SSSR count). The molecule has 1 saturated heterocycles. The predicted molar refractivity (Wildman–Crippen MR) is 144 cm³/mol. The van der Waals surface area contributed by atoms with Crippen molar-refractivity contribution in [2.75, 3.05) is 18.4 Å². The number of aliphatic hydroxyl groups is 1. The van der Waals surface area contributed by atoms with E-state index in [2.05, 4.69) is 27.5 Å². The summed E-state index contributed by atoms with van der Waals surface area (Å²) in [5, 5.41) is 15.4. The molecule has 0 unspecified atom stereocenters. The fraction of sp³-hybridized carbons (Fsp3) is 0.630. The minimum absolute atomic E-state index is 0.0381. The molecule has 8 nitrogen and oxygen atoms in total. The number of carbonyl (C=O) groups excluding carboxylic acids is 2. The second-order valence-corrected chi connectivity index (χ2v) is 12.6. The minimum Gasteiger partial charge on any atom is -0.389 e. The number of hydrogen-bond donors (Lipinski definition) is 3. The van der Waals surface area contributed by atoms with Crippen molar-refractivity contribution in [1.29, 1.82) is 0 Å². The van der Waals surface area contributed by atoms with Crippen molar-refractivity contribution in [3.05, 3.63) is 28.5 Å². The molecular formula is C27H36F3N5O3S. The van der Waals surface area contributed by atoms with Crippen LogP contribution in [0.2, 0.25) is 0 Å². The van der Waals surface area contributed by atoms with E-state index in [0.29, 0.717) is 29.7 Å². The van der Waals surface area contributed by atoms with Gasteiger partial charge < -0.3 is 20.6 Å². The van der Waals surface area contributed by atoms with E-state index in [1.54, 1.807) is 4.90 Å². The van der Waals surface area contributed by atoms with E-state index in [1.807, 2.05) is 13.8 Å². The van der Waals surface area contributed by atoms with Crippen molar-refractivity contribution in [2.24, 2.45) is 11.8 Å². The van der Waals surface area contributed by atoms with Crippen molar-refractivity contribution in [3.8, 4) is 10.4 Å². The molecule has 1 saturated carbocycles. The monoisotopic (exact) mass is 567 g/mol.